The largest absolute Gasteiger partial charge is 0.479 e. The van der Waals surface area contributed by atoms with Crippen LogP contribution in [0.4, 0.5) is 16.2 Å². The second-order valence-electron chi connectivity index (χ2n) is 24.9. The highest BCUT2D eigenvalue weighted by molar-refractivity contribution is 6.01. The van der Waals surface area contributed by atoms with Crippen molar-refractivity contribution in [3.8, 4) is 17.1 Å². The number of hydrogen-bond acceptors (Lipinski definition) is 20. The Morgan fingerprint density at radius 1 is 0.847 bits per heavy atom. The van der Waals surface area contributed by atoms with Crippen LogP contribution in [-0.4, -0.2) is 154 Å². The molecule has 14 atom stereocenters. The highest BCUT2D eigenvalue weighted by Crippen LogP contribution is 2.79. The zero-order valence-electron chi connectivity index (χ0n) is 46.7. The number of fused-ring (bicyclic) bond motifs is 7. The smallest absolute Gasteiger partial charge is 0.411 e. The molecule has 2 bridgehead atoms. The molecule has 0 unspecified atom stereocenters. The van der Waals surface area contributed by atoms with E-state index >= 15 is 0 Å². The van der Waals surface area contributed by atoms with Gasteiger partial charge in [0.2, 0.25) is 23.9 Å². The SMILES string of the molecule is C[C@]12C=CC(=O)C=C1CC[C@@H]1[C@@H]2[C@@H](O)C[C@@]2(C)[C@H]1C[C@H]1O[C@@H](C34CC(Cc5cccc(NC(=O)OCc6ccc(O[C@@H]7O[C@H](C(=O)O)[C@@H](O)[C@H](O)[C@H]7O)c(NC(=O)CCNC(=O)Cc7ccc(-c8nncnn8)cc7)c6)c5)(C3)C4)O[C@]12C(=O)CO. The highest BCUT2D eigenvalue weighted by Gasteiger charge is 2.80. The molecule has 0 radical (unpaired) electrons. The van der Waals surface area contributed by atoms with Gasteiger partial charge in [-0.3, -0.25) is 24.5 Å². The maximum absolute atomic E-state index is 14.2. The van der Waals surface area contributed by atoms with Crippen LogP contribution < -0.4 is 20.7 Å². The molecule has 3 heterocycles. The van der Waals surface area contributed by atoms with Gasteiger partial charge in [-0.1, -0.05) is 68.0 Å². The number of carboxylic acid groups (broad SMARTS) is 1. The second-order valence-corrected chi connectivity index (χ2v) is 24.9. The number of carbonyl (C=O) groups is 6. The van der Waals surface area contributed by atoms with E-state index in [1.807, 2.05) is 31.2 Å². The number of carbonyl (C=O) groups excluding carboxylic acids is 5. The van der Waals surface area contributed by atoms with Crippen LogP contribution in [0.25, 0.3) is 11.4 Å². The zero-order valence-corrected chi connectivity index (χ0v) is 46.7. The molecule has 0 spiro atoms. The minimum absolute atomic E-state index is 0.00417. The topological polar surface area (TPSA) is 358 Å². The van der Waals surface area contributed by atoms with Gasteiger partial charge in [0.1, 0.15) is 37.3 Å². The molecule has 3 amide bonds. The van der Waals surface area contributed by atoms with Crippen LogP contribution in [0, 0.1) is 39.4 Å². The molecule has 7 aliphatic carbocycles. The molecule has 2 aliphatic heterocycles. The molecule has 6 saturated carbocycles. The summed E-state index contributed by atoms with van der Waals surface area (Å²) in [6, 6.07) is 18.5. The van der Waals surface area contributed by atoms with E-state index in [2.05, 4.69) is 43.3 Å². The number of rotatable bonds is 18. The first-order valence-electron chi connectivity index (χ1n) is 28.7. The molecule has 1 aromatic heterocycles. The minimum atomic E-state index is -1.98. The summed E-state index contributed by atoms with van der Waals surface area (Å²) in [6.45, 7) is 3.06. The second kappa shape index (κ2) is 22.1. The molecule has 85 heavy (non-hydrogen) atoms. The molecular formula is C61H67N7O17. The van der Waals surface area contributed by atoms with Gasteiger partial charge in [0.05, 0.1) is 24.3 Å². The zero-order chi connectivity index (χ0) is 59.8. The molecule has 8 fully saturated rings. The number of aliphatic hydroxyl groups is 5. The van der Waals surface area contributed by atoms with E-state index in [0.717, 1.165) is 43.2 Å². The lowest BCUT2D eigenvalue weighted by molar-refractivity contribution is -0.323. The lowest BCUT2D eigenvalue weighted by Gasteiger charge is -2.72. The Morgan fingerprint density at radius 2 is 1.60 bits per heavy atom. The summed E-state index contributed by atoms with van der Waals surface area (Å²) in [5, 5.41) is 87.0. The number of amides is 3. The van der Waals surface area contributed by atoms with E-state index in [9.17, 15) is 59.4 Å². The number of ether oxygens (including phenoxy) is 5. The number of aliphatic carboxylic acids is 1. The molecule has 2 saturated heterocycles. The average molecular weight is 1170 g/mol. The van der Waals surface area contributed by atoms with Crippen LogP contribution in [0.2, 0.25) is 0 Å². The lowest BCUT2D eigenvalue weighted by atomic mass is 9.33. The summed E-state index contributed by atoms with van der Waals surface area (Å²) < 4.78 is 30.6. The molecule has 3 aromatic carbocycles. The van der Waals surface area contributed by atoms with Crippen LogP contribution in [-0.2, 0) is 62.4 Å². The molecule has 24 nitrogen and oxygen atoms in total. The average Bonchev–Trinajstić information content (AvgIpc) is 1.64. The number of ketones is 2. The number of carboxylic acids is 1. The molecule has 13 rings (SSSR count). The van der Waals surface area contributed by atoms with E-state index in [-0.39, 0.29) is 77.7 Å². The fraction of sp³-hybridized carbons (Fsp3) is 0.508. The summed E-state index contributed by atoms with van der Waals surface area (Å²) in [7, 11) is 0. The monoisotopic (exact) mass is 1170 g/mol. The van der Waals surface area contributed by atoms with Crippen LogP contribution in [0.15, 0.2) is 96.9 Å². The number of hydrogen-bond donors (Lipinski definition) is 9. The Morgan fingerprint density at radius 3 is 2.34 bits per heavy atom. The van der Waals surface area contributed by atoms with Gasteiger partial charge in [0.15, 0.2) is 35.9 Å². The van der Waals surface area contributed by atoms with E-state index < -0.39 is 96.0 Å². The Bertz CT molecular complexity index is 3360. The van der Waals surface area contributed by atoms with E-state index in [1.165, 1.54) is 24.5 Å². The van der Waals surface area contributed by atoms with Crippen LogP contribution >= 0.6 is 0 Å². The van der Waals surface area contributed by atoms with Crippen molar-refractivity contribution in [2.75, 3.05) is 23.8 Å². The quantitative estimate of drug-likeness (QED) is 0.0690. The van der Waals surface area contributed by atoms with Gasteiger partial charge in [0.25, 0.3) is 0 Å². The number of aliphatic hydroxyl groups excluding tert-OH is 5. The first-order valence-corrected chi connectivity index (χ1v) is 28.7. The van der Waals surface area contributed by atoms with Gasteiger partial charge in [-0.05, 0) is 122 Å². The first kappa shape index (κ1) is 58.0. The summed E-state index contributed by atoms with van der Waals surface area (Å²) in [4.78, 5) is 77.9. The Labute approximate surface area is 487 Å². The van der Waals surface area contributed by atoms with E-state index in [0.29, 0.717) is 47.5 Å². The lowest BCUT2D eigenvalue weighted by Crippen LogP contribution is -2.69. The predicted molar refractivity (Wildman–Crippen MR) is 295 cm³/mol. The van der Waals surface area contributed by atoms with Crippen LogP contribution in [0.1, 0.15) is 81.9 Å². The summed E-state index contributed by atoms with van der Waals surface area (Å²) in [6.07, 6.45) is -0.747. The number of benzene rings is 3. The van der Waals surface area contributed by atoms with Gasteiger partial charge >= 0.3 is 12.1 Å². The number of anilines is 2. The summed E-state index contributed by atoms with van der Waals surface area (Å²) in [5.74, 6) is -2.97. The maximum Gasteiger partial charge on any atom is 0.411 e. The molecule has 9 N–H and O–H groups in total. The maximum atomic E-state index is 14.2. The minimum Gasteiger partial charge on any atom is -0.479 e. The van der Waals surface area contributed by atoms with E-state index in [1.54, 1.807) is 42.5 Å². The van der Waals surface area contributed by atoms with Crippen molar-refractivity contribution in [2.24, 2.45) is 39.4 Å². The van der Waals surface area contributed by atoms with Gasteiger partial charge in [-0.2, -0.15) is 0 Å². The number of Topliss-reactive ketones (excluding diaryl/α,β-unsaturated/α-hetero) is 1. The normalized spacial score (nSPS) is 35.5. The fourth-order valence-electron chi connectivity index (χ4n) is 16.0. The van der Waals surface area contributed by atoms with Gasteiger partial charge in [0, 0.05) is 46.4 Å². The molecular weight excluding hydrogens is 1100 g/mol. The number of allylic oxidation sites excluding steroid dienone is 4. The van der Waals surface area contributed by atoms with Gasteiger partial charge in [-0.25, -0.2) is 9.59 Å². The Kier molecular flexibility index (Phi) is 15.1. The van der Waals surface area contributed by atoms with Crippen LogP contribution in [0.3, 0.4) is 0 Å². The van der Waals surface area contributed by atoms with E-state index in [4.69, 9.17) is 23.7 Å². The van der Waals surface area contributed by atoms with Crippen molar-refractivity contribution >= 4 is 46.8 Å². The van der Waals surface area contributed by atoms with Crippen molar-refractivity contribution in [3.63, 3.8) is 0 Å². The van der Waals surface area contributed by atoms with Crippen LogP contribution in [0.5, 0.6) is 5.75 Å². The number of aromatic nitrogens is 4. The van der Waals surface area contributed by atoms with Crippen molar-refractivity contribution in [1.29, 1.82) is 0 Å². The fourth-order valence-corrected chi connectivity index (χ4v) is 16.0. The van der Waals surface area contributed by atoms with Gasteiger partial charge in [-0.15, -0.1) is 20.4 Å². The summed E-state index contributed by atoms with van der Waals surface area (Å²) in [5.41, 5.74) is 1.09. The third kappa shape index (κ3) is 10.3. The summed E-state index contributed by atoms with van der Waals surface area (Å²) >= 11 is 0. The van der Waals surface area contributed by atoms with Crippen molar-refractivity contribution in [1.82, 2.24) is 25.7 Å². The van der Waals surface area contributed by atoms with Crippen molar-refractivity contribution in [2.45, 2.75) is 139 Å². The molecule has 4 aromatic rings. The standard InChI is InChI=1S/C61H67N7O17/c1-57-16-14-37(70)21-35(57)11-12-38-39-22-44-61(43(72)25-69,58(39,2)24-41(71)47(38)57)85-55(83-44)60-27-59(28-60,29-60)23-32-4-3-5-36(18-32)65-56(80)81-26-33-8-13-42(82-54-50(77)48(75)49(76)51(84-54)53(78)79)40(19-33)66-45(73)15-17-62-46(74)20-31-6-9-34(10-7-31)52-67-63-30-64-68-52/h3-10,13-14,16,18-19,21,30,38-39,41,44,47-51,54-55,69,71,75-77H,11-12,15,17,20,22-29H2,1-2H3,(H,62,74)(H,65,80)(H,66,73)(H,78,79)/t38-,39-,41-,44+,47+,48-,49-,50+,51-,54+,55+,57-,58-,59?,60?,61+/m0/s1. The van der Waals surface area contributed by atoms with Crippen molar-refractivity contribution < 1.29 is 83.1 Å². The predicted octanol–water partition coefficient (Wildman–Crippen LogP) is 3.28. The third-order valence-electron chi connectivity index (χ3n) is 19.6. The number of nitrogens with one attached hydrogen (secondary N) is 3. The molecule has 24 heteroatoms. The Balaban J connectivity index is 0.656. The van der Waals surface area contributed by atoms with Gasteiger partial charge < -0.3 is 65.0 Å². The van der Waals surface area contributed by atoms with Crippen molar-refractivity contribution in [3.05, 3.63) is 114 Å². The highest BCUT2D eigenvalue weighted by atomic mass is 16.7. The Hall–Kier alpha value is -7.42. The third-order valence-corrected chi connectivity index (χ3v) is 19.6. The first-order chi connectivity index (χ1) is 40.6. The number of nitrogens with zero attached hydrogens (tertiary/aromatic N) is 4. The molecule has 9 aliphatic rings. The molecule has 448 valence electrons.